The van der Waals surface area contributed by atoms with Crippen molar-refractivity contribution >= 4 is 41.5 Å². The molecule has 4 rings (SSSR count). The van der Waals surface area contributed by atoms with Gasteiger partial charge < -0.3 is 24.7 Å². The largest absolute Gasteiger partial charge is 0.459 e. The van der Waals surface area contributed by atoms with E-state index in [1.807, 2.05) is 31.3 Å². The third-order valence-corrected chi connectivity index (χ3v) is 5.64. The Morgan fingerprint density at radius 2 is 1.94 bits per heavy atom. The molecule has 2 fully saturated rings. The summed E-state index contributed by atoms with van der Waals surface area (Å²) in [4.78, 5) is 21.4. The van der Waals surface area contributed by atoms with Gasteiger partial charge in [0.2, 0.25) is 0 Å². The Kier molecular flexibility index (Phi) is 8.73. The smallest absolute Gasteiger partial charge is 0.291 e. The summed E-state index contributed by atoms with van der Waals surface area (Å²) in [5.41, 5.74) is 1.86. The highest BCUT2D eigenvalue weighted by molar-refractivity contribution is 14.0. The van der Waals surface area contributed by atoms with Gasteiger partial charge in [-0.2, -0.15) is 0 Å². The maximum absolute atomic E-state index is 12.1. The van der Waals surface area contributed by atoms with Crippen LogP contribution in [0, 0.1) is 0 Å². The number of nitrogens with zero attached hydrogens (tertiary/aromatic N) is 3. The van der Waals surface area contributed by atoms with E-state index in [0.29, 0.717) is 18.3 Å². The number of morpholine rings is 1. The van der Waals surface area contributed by atoms with E-state index in [0.717, 1.165) is 63.0 Å². The first-order chi connectivity index (χ1) is 14.7. The molecule has 1 aromatic carbocycles. The molecule has 2 N–H and O–H groups in total. The molecule has 0 saturated carbocycles. The van der Waals surface area contributed by atoms with Crippen molar-refractivity contribution in [2.24, 2.45) is 4.99 Å². The molecule has 0 radical (unpaired) electrons. The Labute approximate surface area is 200 Å². The first-order valence-electron chi connectivity index (χ1n) is 10.4. The van der Waals surface area contributed by atoms with Gasteiger partial charge in [-0.05, 0) is 36.2 Å². The van der Waals surface area contributed by atoms with Crippen LogP contribution in [0.1, 0.15) is 22.5 Å². The van der Waals surface area contributed by atoms with Crippen LogP contribution in [0.3, 0.4) is 0 Å². The number of halogens is 1. The first kappa shape index (κ1) is 23.6. The van der Waals surface area contributed by atoms with Crippen LogP contribution >= 0.6 is 24.0 Å². The molecule has 1 atom stereocenters. The number of hydrogen-bond acceptors (Lipinski definition) is 5. The zero-order chi connectivity index (χ0) is 20.8. The van der Waals surface area contributed by atoms with E-state index in [1.165, 1.54) is 6.26 Å². The maximum Gasteiger partial charge on any atom is 0.291 e. The second-order valence-electron chi connectivity index (χ2n) is 7.57. The van der Waals surface area contributed by atoms with Crippen LogP contribution in [0.4, 0.5) is 5.69 Å². The summed E-state index contributed by atoms with van der Waals surface area (Å²) >= 11 is 0. The number of anilines is 1. The average Bonchev–Trinajstić information content (AvgIpc) is 3.49. The lowest BCUT2D eigenvalue weighted by Crippen LogP contribution is -2.46. The molecule has 1 amide bonds. The molecule has 0 bridgehead atoms. The number of hydrogen-bond donors (Lipinski definition) is 2. The van der Waals surface area contributed by atoms with E-state index in [1.54, 1.807) is 12.1 Å². The van der Waals surface area contributed by atoms with Crippen LogP contribution in [-0.2, 0) is 11.3 Å². The second kappa shape index (κ2) is 11.5. The Hall–Kier alpha value is -2.11. The molecule has 2 aliphatic rings. The lowest BCUT2D eigenvalue weighted by molar-refractivity contribution is 0.0195. The van der Waals surface area contributed by atoms with Gasteiger partial charge in [0.05, 0.1) is 19.5 Å². The average molecular weight is 539 g/mol. The van der Waals surface area contributed by atoms with Gasteiger partial charge in [0, 0.05) is 51.5 Å². The van der Waals surface area contributed by atoms with Gasteiger partial charge in [0.15, 0.2) is 11.7 Å². The molecular weight excluding hydrogens is 509 g/mol. The number of guanidine groups is 1. The fraction of sp³-hybridized carbons (Fsp3) is 0.455. The fourth-order valence-electron chi connectivity index (χ4n) is 3.99. The Morgan fingerprint density at radius 3 is 2.61 bits per heavy atom. The van der Waals surface area contributed by atoms with Crippen LogP contribution < -0.4 is 10.6 Å². The summed E-state index contributed by atoms with van der Waals surface area (Å²) in [5.74, 6) is 0.974. The van der Waals surface area contributed by atoms with Crippen molar-refractivity contribution in [3.8, 4) is 0 Å². The van der Waals surface area contributed by atoms with E-state index >= 15 is 0 Å². The zero-order valence-electron chi connectivity index (χ0n) is 17.8. The molecule has 1 aromatic heterocycles. The van der Waals surface area contributed by atoms with Gasteiger partial charge in [-0.1, -0.05) is 12.1 Å². The van der Waals surface area contributed by atoms with E-state index in [4.69, 9.17) is 9.15 Å². The molecule has 0 spiro atoms. The van der Waals surface area contributed by atoms with Crippen molar-refractivity contribution in [1.29, 1.82) is 0 Å². The molecule has 1 unspecified atom stereocenters. The van der Waals surface area contributed by atoms with Gasteiger partial charge in [-0.3, -0.25) is 14.7 Å². The molecule has 31 heavy (non-hydrogen) atoms. The number of amides is 1. The predicted octanol–water partition coefficient (Wildman–Crippen LogP) is 2.63. The van der Waals surface area contributed by atoms with E-state index in [-0.39, 0.29) is 29.9 Å². The number of furan rings is 1. The molecule has 8 nitrogen and oxygen atoms in total. The molecule has 0 aliphatic carbocycles. The van der Waals surface area contributed by atoms with Gasteiger partial charge in [-0.15, -0.1) is 24.0 Å². The minimum Gasteiger partial charge on any atom is -0.459 e. The van der Waals surface area contributed by atoms with Crippen molar-refractivity contribution in [2.45, 2.75) is 19.0 Å². The fourth-order valence-corrected chi connectivity index (χ4v) is 3.99. The molecule has 2 aromatic rings. The highest BCUT2D eigenvalue weighted by atomic mass is 127. The number of rotatable bonds is 5. The Bertz CT molecular complexity index is 851. The monoisotopic (exact) mass is 539 g/mol. The van der Waals surface area contributed by atoms with Crippen LogP contribution in [-0.4, -0.2) is 74.1 Å². The van der Waals surface area contributed by atoms with Crippen LogP contribution in [0.5, 0.6) is 0 Å². The third-order valence-electron chi connectivity index (χ3n) is 5.64. The Balaban J connectivity index is 0.00000272. The summed E-state index contributed by atoms with van der Waals surface area (Å²) in [7, 11) is 1.83. The van der Waals surface area contributed by atoms with Crippen LogP contribution in [0.2, 0.25) is 0 Å². The summed E-state index contributed by atoms with van der Waals surface area (Å²) in [5, 5.41) is 6.29. The van der Waals surface area contributed by atoms with Crippen molar-refractivity contribution in [2.75, 3.05) is 51.8 Å². The molecular formula is C22H30IN5O3. The number of nitrogens with one attached hydrogen (secondary N) is 2. The van der Waals surface area contributed by atoms with Crippen molar-refractivity contribution in [3.05, 3.63) is 54.0 Å². The van der Waals surface area contributed by atoms with Gasteiger partial charge >= 0.3 is 0 Å². The maximum atomic E-state index is 12.1. The predicted molar refractivity (Wildman–Crippen MR) is 131 cm³/mol. The number of benzene rings is 1. The number of ether oxygens (including phenoxy) is 1. The minimum absolute atomic E-state index is 0. The number of aliphatic imine (C=N–C) groups is 1. The van der Waals surface area contributed by atoms with Crippen LogP contribution in [0.25, 0.3) is 0 Å². The minimum atomic E-state index is -0.255. The SMILES string of the molecule is CN=C(NCc1ccc(NC(=O)c2ccco2)cc1)N1CCC(N2CCOCC2)C1.I. The third kappa shape index (κ3) is 6.20. The first-order valence-corrected chi connectivity index (χ1v) is 10.4. The van der Waals surface area contributed by atoms with Crippen molar-refractivity contribution < 1.29 is 13.9 Å². The highest BCUT2D eigenvalue weighted by Gasteiger charge is 2.30. The molecule has 168 valence electrons. The van der Waals surface area contributed by atoms with Gasteiger partial charge in [0.25, 0.3) is 5.91 Å². The number of carbonyl (C=O) groups is 1. The normalized spacial score (nSPS) is 19.7. The Morgan fingerprint density at radius 1 is 1.16 bits per heavy atom. The van der Waals surface area contributed by atoms with E-state index in [9.17, 15) is 4.79 Å². The summed E-state index contributed by atoms with van der Waals surface area (Å²) in [6.07, 6.45) is 2.64. The van der Waals surface area contributed by atoms with E-state index < -0.39 is 0 Å². The van der Waals surface area contributed by atoms with Gasteiger partial charge in [0.1, 0.15) is 0 Å². The van der Waals surface area contributed by atoms with Crippen molar-refractivity contribution in [3.63, 3.8) is 0 Å². The lowest BCUT2D eigenvalue weighted by Gasteiger charge is -2.32. The van der Waals surface area contributed by atoms with Crippen molar-refractivity contribution in [1.82, 2.24) is 15.1 Å². The quantitative estimate of drug-likeness (QED) is 0.346. The standard InChI is InChI=1S/C22H29N5O3.HI/c1-23-22(27-9-8-19(16-27)26-10-13-29-14-11-26)24-15-17-4-6-18(7-5-17)25-21(28)20-3-2-12-30-20;/h2-7,12,19H,8-11,13-16H2,1H3,(H,23,24)(H,25,28);1H. The summed E-state index contributed by atoms with van der Waals surface area (Å²) in [6, 6.07) is 11.7. The summed E-state index contributed by atoms with van der Waals surface area (Å²) in [6.45, 7) is 6.40. The second-order valence-corrected chi connectivity index (χ2v) is 7.57. The molecule has 9 heteroatoms. The summed E-state index contributed by atoms with van der Waals surface area (Å²) < 4.78 is 10.6. The molecule has 2 saturated heterocycles. The van der Waals surface area contributed by atoms with E-state index in [2.05, 4.69) is 25.4 Å². The van der Waals surface area contributed by atoms with Gasteiger partial charge in [-0.25, -0.2) is 0 Å². The lowest BCUT2D eigenvalue weighted by atomic mass is 10.2. The van der Waals surface area contributed by atoms with Crippen LogP contribution in [0.15, 0.2) is 52.1 Å². The zero-order valence-corrected chi connectivity index (χ0v) is 20.1. The molecule has 3 heterocycles. The topological polar surface area (TPSA) is 82.3 Å². The highest BCUT2D eigenvalue weighted by Crippen LogP contribution is 2.17. The number of carbonyl (C=O) groups excluding carboxylic acids is 1. The number of likely N-dealkylation sites (tertiary alicyclic amines) is 1. The molecule has 2 aliphatic heterocycles.